The molecule has 0 fully saturated rings. The summed E-state index contributed by atoms with van der Waals surface area (Å²) in [4.78, 5) is 4.18. The SMILES string of the molecule is CCNc1nccn2c(C)nnc12. The van der Waals surface area contributed by atoms with Crippen LogP contribution in [0.3, 0.4) is 0 Å². The summed E-state index contributed by atoms with van der Waals surface area (Å²) < 4.78 is 1.91. The first kappa shape index (κ1) is 7.97. The second kappa shape index (κ2) is 3.01. The van der Waals surface area contributed by atoms with Crippen LogP contribution in [-0.4, -0.2) is 26.1 Å². The average Bonchev–Trinajstić information content (AvgIpc) is 2.50. The van der Waals surface area contributed by atoms with Gasteiger partial charge in [-0.25, -0.2) is 4.98 Å². The lowest BCUT2D eigenvalue weighted by Gasteiger charge is -2.02. The van der Waals surface area contributed by atoms with Crippen molar-refractivity contribution in [3.63, 3.8) is 0 Å². The molecule has 0 saturated carbocycles. The molecule has 68 valence electrons. The highest BCUT2D eigenvalue weighted by molar-refractivity contribution is 5.61. The second-order valence-corrected chi connectivity index (χ2v) is 2.75. The molecule has 0 amide bonds. The van der Waals surface area contributed by atoms with E-state index in [0.29, 0.717) is 0 Å². The molecular weight excluding hydrogens is 166 g/mol. The second-order valence-electron chi connectivity index (χ2n) is 2.75. The molecule has 5 nitrogen and oxygen atoms in total. The third-order valence-corrected chi connectivity index (χ3v) is 1.84. The zero-order valence-corrected chi connectivity index (χ0v) is 7.65. The number of rotatable bonds is 2. The van der Waals surface area contributed by atoms with Crippen LogP contribution in [0.5, 0.6) is 0 Å². The molecule has 0 bridgehead atoms. The molecule has 0 saturated heterocycles. The maximum absolute atomic E-state index is 4.18. The van der Waals surface area contributed by atoms with Gasteiger partial charge in [0.05, 0.1) is 0 Å². The largest absolute Gasteiger partial charge is 0.367 e. The van der Waals surface area contributed by atoms with Crippen molar-refractivity contribution in [2.45, 2.75) is 13.8 Å². The number of aryl methyl sites for hydroxylation is 1. The third-order valence-electron chi connectivity index (χ3n) is 1.84. The van der Waals surface area contributed by atoms with Gasteiger partial charge in [-0.15, -0.1) is 10.2 Å². The topological polar surface area (TPSA) is 55.1 Å². The Kier molecular flexibility index (Phi) is 1.84. The van der Waals surface area contributed by atoms with Crippen molar-refractivity contribution in [1.82, 2.24) is 19.6 Å². The van der Waals surface area contributed by atoms with Gasteiger partial charge in [0.2, 0.25) is 5.65 Å². The highest BCUT2D eigenvalue weighted by Gasteiger charge is 2.05. The molecule has 0 aliphatic heterocycles. The lowest BCUT2D eigenvalue weighted by molar-refractivity contribution is 1.00. The van der Waals surface area contributed by atoms with Crippen molar-refractivity contribution in [1.29, 1.82) is 0 Å². The highest BCUT2D eigenvalue weighted by Crippen LogP contribution is 2.10. The zero-order valence-electron chi connectivity index (χ0n) is 7.65. The van der Waals surface area contributed by atoms with E-state index in [-0.39, 0.29) is 0 Å². The van der Waals surface area contributed by atoms with Crippen LogP contribution in [0.1, 0.15) is 12.7 Å². The van der Waals surface area contributed by atoms with Crippen molar-refractivity contribution >= 4 is 11.5 Å². The molecule has 0 aliphatic carbocycles. The molecule has 0 aliphatic rings. The summed E-state index contributed by atoms with van der Waals surface area (Å²) in [6.45, 7) is 4.77. The van der Waals surface area contributed by atoms with Gasteiger partial charge in [-0.3, -0.25) is 4.40 Å². The Morgan fingerprint density at radius 2 is 2.31 bits per heavy atom. The minimum atomic E-state index is 0.779. The molecule has 2 aromatic heterocycles. The van der Waals surface area contributed by atoms with Gasteiger partial charge < -0.3 is 5.32 Å². The van der Waals surface area contributed by atoms with Crippen LogP contribution in [-0.2, 0) is 0 Å². The predicted octanol–water partition coefficient (Wildman–Crippen LogP) is 0.865. The summed E-state index contributed by atoms with van der Waals surface area (Å²) in [5.41, 5.74) is 0.779. The number of aromatic nitrogens is 4. The van der Waals surface area contributed by atoms with E-state index in [1.54, 1.807) is 6.20 Å². The molecule has 0 atom stereocenters. The molecule has 0 radical (unpaired) electrons. The van der Waals surface area contributed by atoms with Crippen LogP contribution in [0, 0.1) is 6.92 Å². The number of fused-ring (bicyclic) bond motifs is 1. The van der Waals surface area contributed by atoms with E-state index in [9.17, 15) is 0 Å². The summed E-state index contributed by atoms with van der Waals surface area (Å²) in [7, 11) is 0. The molecule has 2 aromatic rings. The fourth-order valence-electron chi connectivity index (χ4n) is 1.23. The van der Waals surface area contributed by atoms with E-state index in [2.05, 4.69) is 20.5 Å². The number of hydrogen-bond donors (Lipinski definition) is 1. The van der Waals surface area contributed by atoms with Gasteiger partial charge in [-0.05, 0) is 13.8 Å². The minimum absolute atomic E-state index is 0.779. The van der Waals surface area contributed by atoms with E-state index < -0.39 is 0 Å². The van der Waals surface area contributed by atoms with Crippen molar-refractivity contribution in [2.24, 2.45) is 0 Å². The van der Waals surface area contributed by atoms with Gasteiger partial charge in [0.15, 0.2) is 5.82 Å². The smallest absolute Gasteiger partial charge is 0.203 e. The maximum Gasteiger partial charge on any atom is 0.203 e. The van der Waals surface area contributed by atoms with Gasteiger partial charge >= 0.3 is 0 Å². The Hall–Kier alpha value is -1.65. The van der Waals surface area contributed by atoms with Crippen molar-refractivity contribution in [3.05, 3.63) is 18.2 Å². The van der Waals surface area contributed by atoms with Crippen LogP contribution in [0.15, 0.2) is 12.4 Å². The van der Waals surface area contributed by atoms with Gasteiger partial charge in [-0.1, -0.05) is 0 Å². The Balaban J connectivity index is 2.63. The Morgan fingerprint density at radius 3 is 3.08 bits per heavy atom. The fraction of sp³-hybridized carbons (Fsp3) is 0.375. The van der Waals surface area contributed by atoms with Gasteiger partial charge in [0.1, 0.15) is 5.82 Å². The quantitative estimate of drug-likeness (QED) is 0.739. The molecule has 13 heavy (non-hydrogen) atoms. The first-order chi connectivity index (χ1) is 6.33. The number of nitrogens with zero attached hydrogens (tertiary/aromatic N) is 4. The average molecular weight is 177 g/mol. The standard InChI is InChI=1S/C8H11N5/c1-3-9-7-8-12-11-6(2)13(8)5-4-10-7/h4-5H,3H2,1-2H3,(H,9,10). The molecule has 2 heterocycles. The molecule has 0 aromatic carbocycles. The minimum Gasteiger partial charge on any atom is -0.367 e. The normalized spacial score (nSPS) is 10.6. The van der Waals surface area contributed by atoms with E-state index in [0.717, 1.165) is 23.8 Å². The zero-order chi connectivity index (χ0) is 9.26. The van der Waals surface area contributed by atoms with Crippen molar-refractivity contribution in [2.75, 3.05) is 11.9 Å². The molecule has 5 heteroatoms. The molecule has 2 rings (SSSR count). The Morgan fingerprint density at radius 1 is 1.46 bits per heavy atom. The predicted molar refractivity (Wildman–Crippen MR) is 49.7 cm³/mol. The highest BCUT2D eigenvalue weighted by atomic mass is 15.3. The summed E-state index contributed by atoms with van der Waals surface area (Å²) in [6.07, 6.45) is 3.59. The first-order valence-corrected chi connectivity index (χ1v) is 4.23. The number of hydrogen-bond acceptors (Lipinski definition) is 4. The first-order valence-electron chi connectivity index (χ1n) is 4.23. The number of nitrogens with one attached hydrogen (secondary N) is 1. The van der Waals surface area contributed by atoms with Crippen LogP contribution in [0.4, 0.5) is 5.82 Å². The molecule has 0 spiro atoms. The van der Waals surface area contributed by atoms with Gasteiger partial charge in [-0.2, -0.15) is 0 Å². The molecular formula is C8H11N5. The van der Waals surface area contributed by atoms with Gasteiger partial charge in [0.25, 0.3) is 0 Å². The van der Waals surface area contributed by atoms with Crippen LogP contribution in [0.2, 0.25) is 0 Å². The third kappa shape index (κ3) is 1.22. The molecule has 1 N–H and O–H groups in total. The molecule has 0 unspecified atom stereocenters. The summed E-state index contributed by atoms with van der Waals surface area (Å²) in [5.74, 6) is 1.65. The lowest BCUT2D eigenvalue weighted by Crippen LogP contribution is -2.02. The summed E-state index contributed by atoms with van der Waals surface area (Å²) >= 11 is 0. The Labute approximate surface area is 75.8 Å². The fourth-order valence-corrected chi connectivity index (χ4v) is 1.23. The number of anilines is 1. The van der Waals surface area contributed by atoms with E-state index in [1.807, 2.05) is 24.4 Å². The Bertz CT molecular complexity index is 419. The van der Waals surface area contributed by atoms with Crippen LogP contribution in [0.25, 0.3) is 5.65 Å². The van der Waals surface area contributed by atoms with Crippen molar-refractivity contribution < 1.29 is 0 Å². The van der Waals surface area contributed by atoms with Crippen molar-refractivity contribution in [3.8, 4) is 0 Å². The summed E-state index contributed by atoms with van der Waals surface area (Å²) in [5, 5.41) is 11.1. The van der Waals surface area contributed by atoms with E-state index in [1.165, 1.54) is 0 Å². The van der Waals surface area contributed by atoms with E-state index in [4.69, 9.17) is 0 Å². The summed E-state index contributed by atoms with van der Waals surface area (Å²) in [6, 6.07) is 0. The van der Waals surface area contributed by atoms with Crippen LogP contribution < -0.4 is 5.32 Å². The monoisotopic (exact) mass is 177 g/mol. The lowest BCUT2D eigenvalue weighted by atomic mass is 10.5. The maximum atomic E-state index is 4.18. The van der Waals surface area contributed by atoms with E-state index >= 15 is 0 Å². The van der Waals surface area contributed by atoms with Gasteiger partial charge in [0, 0.05) is 18.9 Å². The van der Waals surface area contributed by atoms with Crippen LogP contribution >= 0.6 is 0 Å².